The van der Waals surface area contributed by atoms with E-state index in [1.54, 1.807) is 45.0 Å². The van der Waals surface area contributed by atoms with Crippen molar-refractivity contribution in [2.24, 2.45) is 0 Å². The molecular formula is C20H28N3O8P. The van der Waals surface area contributed by atoms with Gasteiger partial charge in [0.05, 0.1) is 51.4 Å². The molecule has 0 N–H and O–H groups in total. The van der Waals surface area contributed by atoms with Crippen molar-refractivity contribution in [3.05, 3.63) is 41.7 Å². The number of hydrogen-bond donors (Lipinski definition) is 0. The summed E-state index contributed by atoms with van der Waals surface area (Å²) in [6, 6.07) is 6.36. The number of ether oxygens (including phenoxy) is 3. The van der Waals surface area contributed by atoms with Gasteiger partial charge in [-0.2, -0.15) is 0 Å². The molecule has 1 aromatic carbocycles. The Labute approximate surface area is 186 Å². The number of rotatable bonds is 13. The van der Waals surface area contributed by atoms with E-state index < -0.39 is 25.6 Å². The smallest absolute Gasteiger partial charge is 0.360 e. The van der Waals surface area contributed by atoms with E-state index in [9.17, 15) is 14.2 Å². The largest absolute Gasteiger partial charge is 0.497 e. The van der Waals surface area contributed by atoms with Crippen molar-refractivity contribution in [2.75, 3.05) is 33.1 Å². The zero-order chi connectivity index (χ0) is 23.6. The van der Waals surface area contributed by atoms with Crippen LogP contribution in [0.3, 0.4) is 0 Å². The number of carbonyl (C=O) groups is 2. The summed E-state index contributed by atoms with van der Waals surface area (Å²) in [6.45, 7) is 5.54. The van der Waals surface area contributed by atoms with Crippen LogP contribution in [0.15, 0.2) is 30.5 Å². The molecule has 0 radical (unpaired) electrons. The number of methoxy groups -OCH3 is 1. The van der Waals surface area contributed by atoms with E-state index in [1.165, 1.54) is 18.0 Å². The zero-order valence-corrected chi connectivity index (χ0v) is 19.4. The Hall–Kier alpha value is -2.75. The standard InChI is InChI=1S/C20H28N3O8P/c1-5-28-20(25)18-13-23(22-21-18)12-17(14-32(26,29-6-2)30-7-3)31-19(24)15-8-10-16(27-4)11-9-15/h8-11,13,17H,5-7,12,14H2,1-4H3. The first kappa shape index (κ1) is 25.5. The molecule has 2 rings (SSSR count). The molecule has 1 atom stereocenters. The molecule has 0 aliphatic heterocycles. The monoisotopic (exact) mass is 469 g/mol. The Balaban J connectivity index is 2.22. The van der Waals surface area contributed by atoms with Gasteiger partial charge in [0.25, 0.3) is 0 Å². The number of carbonyl (C=O) groups excluding carboxylic acids is 2. The molecule has 1 aromatic heterocycles. The van der Waals surface area contributed by atoms with Crippen molar-refractivity contribution in [1.29, 1.82) is 0 Å². The van der Waals surface area contributed by atoms with Crippen LogP contribution in [0.2, 0.25) is 0 Å². The molecule has 0 aliphatic rings. The molecule has 1 heterocycles. The highest BCUT2D eigenvalue weighted by atomic mass is 31.2. The number of nitrogens with zero attached hydrogens (tertiary/aromatic N) is 3. The second-order valence-corrected chi connectivity index (χ2v) is 8.53. The Morgan fingerprint density at radius 3 is 2.25 bits per heavy atom. The van der Waals surface area contributed by atoms with Gasteiger partial charge in [-0.1, -0.05) is 5.21 Å². The number of esters is 2. The molecule has 1 unspecified atom stereocenters. The SMILES string of the molecule is CCOC(=O)c1cn(CC(CP(=O)(OCC)OCC)OC(=O)c2ccc(OC)cc2)nn1. The van der Waals surface area contributed by atoms with Gasteiger partial charge in [-0.05, 0) is 45.0 Å². The van der Waals surface area contributed by atoms with Gasteiger partial charge in [-0.25, -0.2) is 14.3 Å². The van der Waals surface area contributed by atoms with Gasteiger partial charge in [0.2, 0.25) is 0 Å². The van der Waals surface area contributed by atoms with E-state index in [-0.39, 0.29) is 43.8 Å². The molecular weight excluding hydrogens is 441 g/mol. The summed E-state index contributed by atoms with van der Waals surface area (Å²) < 4.78 is 40.6. The molecule has 12 heteroatoms. The Bertz CT molecular complexity index is 921. The summed E-state index contributed by atoms with van der Waals surface area (Å²) >= 11 is 0. The maximum Gasteiger partial charge on any atom is 0.360 e. The summed E-state index contributed by atoms with van der Waals surface area (Å²) in [4.78, 5) is 24.5. The lowest BCUT2D eigenvalue weighted by atomic mass is 10.2. The fourth-order valence-corrected chi connectivity index (χ4v) is 4.52. The second kappa shape index (κ2) is 12.3. The van der Waals surface area contributed by atoms with Crippen LogP contribution in [0.25, 0.3) is 0 Å². The second-order valence-electron chi connectivity index (χ2n) is 6.43. The van der Waals surface area contributed by atoms with Gasteiger partial charge >= 0.3 is 19.5 Å². The number of aromatic nitrogens is 3. The molecule has 11 nitrogen and oxygen atoms in total. The van der Waals surface area contributed by atoms with E-state index >= 15 is 0 Å². The Morgan fingerprint density at radius 2 is 1.69 bits per heavy atom. The maximum atomic E-state index is 13.0. The molecule has 176 valence electrons. The quantitative estimate of drug-likeness (QED) is 0.319. The van der Waals surface area contributed by atoms with Crippen LogP contribution in [-0.2, 0) is 29.6 Å². The average molecular weight is 469 g/mol. The first-order valence-corrected chi connectivity index (χ1v) is 11.9. The van der Waals surface area contributed by atoms with Gasteiger partial charge < -0.3 is 23.3 Å². The summed E-state index contributed by atoms with van der Waals surface area (Å²) in [5, 5.41) is 7.64. The van der Waals surface area contributed by atoms with Crippen LogP contribution in [0.4, 0.5) is 0 Å². The number of benzene rings is 1. The van der Waals surface area contributed by atoms with Crippen molar-refractivity contribution in [1.82, 2.24) is 15.0 Å². The van der Waals surface area contributed by atoms with Crippen molar-refractivity contribution in [3.8, 4) is 5.75 Å². The lowest BCUT2D eigenvalue weighted by Gasteiger charge is -2.23. The van der Waals surface area contributed by atoms with Gasteiger partial charge in [-0.15, -0.1) is 5.10 Å². The molecule has 0 amide bonds. The molecule has 0 saturated heterocycles. The first-order chi connectivity index (χ1) is 15.3. The molecule has 2 aromatic rings. The van der Waals surface area contributed by atoms with Crippen LogP contribution < -0.4 is 4.74 Å². The van der Waals surface area contributed by atoms with E-state index in [4.69, 9.17) is 23.3 Å². The van der Waals surface area contributed by atoms with Crippen LogP contribution >= 0.6 is 7.60 Å². The molecule has 0 aliphatic carbocycles. The third-order valence-corrected chi connectivity index (χ3v) is 6.25. The summed E-state index contributed by atoms with van der Waals surface area (Å²) in [6.07, 6.45) is 0.217. The summed E-state index contributed by atoms with van der Waals surface area (Å²) in [7, 11) is -2.03. The topological polar surface area (TPSA) is 128 Å². The predicted octanol–water partition coefficient (Wildman–Crippen LogP) is 2.96. The summed E-state index contributed by atoms with van der Waals surface area (Å²) in [5.41, 5.74) is 0.286. The van der Waals surface area contributed by atoms with Crippen molar-refractivity contribution < 1.29 is 37.4 Å². The highest BCUT2D eigenvalue weighted by molar-refractivity contribution is 7.53. The van der Waals surface area contributed by atoms with Crippen LogP contribution in [0.1, 0.15) is 41.6 Å². The third kappa shape index (κ3) is 7.44. The molecule has 0 saturated carbocycles. The minimum Gasteiger partial charge on any atom is -0.497 e. The fourth-order valence-electron chi connectivity index (χ4n) is 2.76. The minimum absolute atomic E-state index is 0.00452. The molecule has 0 fully saturated rings. The van der Waals surface area contributed by atoms with Crippen molar-refractivity contribution in [2.45, 2.75) is 33.4 Å². The predicted molar refractivity (Wildman–Crippen MR) is 114 cm³/mol. The van der Waals surface area contributed by atoms with E-state index in [1.807, 2.05) is 0 Å². The maximum absolute atomic E-state index is 13.0. The fraction of sp³-hybridized carbons (Fsp3) is 0.500. The first-order valence-electron chi connectivity index (χ1n) is 10.1. The van der Waals surface area contributed by atoms with Gasteiger partial charge in [0.1, 0.15) is 11.9 Å². The van der Waals surface area contributed by atoms with Crippen molar-refractivity contribution in [3.63, 3.8) is 0 Å². The normalized spacial score (nSPS) is 12.2. The lowest BCUT2D eigenvalue weighted by molar-refractivity contribution is 0.0288. The van der Waals surface area contributed by atoms with Gasteiger partial charge in [0.15, 0.2) is 5.69 Å². The molecule has 0 spiro atoms. The van der Waals surface area contributed by atoms with E-state index in [0.717, 1.165) is 0 Å². The van der Waals surface area contributed by atoms with Crippen LogP contribution in [0.5, 0.6) is 5.75 Å². The highest BCUT2D eigenvalue weighted by Gasteiger charge is 2.32. The van der Waals surface area contributed by atoms with Crippen molar-refractivity contribution >= 4 is 19.5 Å². The van der Waals surface area contributed by atoms with Crippen LogP contribution in [0, 0.1) is 0 Å². The number of hydrogen-bond acceptors (Lipinski definition) is 10. The minimum atomic E-state index is -3.55. The van der Waals surface area contributed by atoms with E-state index in [2.05, 4.69) is 10.3 Å². The average Bonchev–Trinajstić information content (AvgIpc) is 3.22. The highest BCUT2D eigenvalue weighted by Crippen LogP contribution is 2.49. The van der Waals surface area contributed by atoms with E-state index in [0.29, 0.717) is 5.75 Å². The molecule has 32 heavy (non-hydrogen) atoms. The Morgan fingerprint density at radius 1 is 1.03 bits per heavy atom. The molecule has 0 bridgehead atoms. The van der Waals surface area contributed by atoms with Gasteiger partial charge in [0, 0.05) is 0 Å². The summed E-state index contributed by atoms with van der Waals surface area (Å²) in [5.74, 6) is -0.674. The van der Waals surface area contributed by atoms with Gasteiger partial charge in [-0.3, -0.25) is 4.57 Å². The third-order valence-electron chi connectivity index (χ3n) is 4.09. The Kier molecular flexibility index (Phi) is 9.83. The zero-order valence-electron chi connectivity index (χ0n) is 18.6. The lowest BCUT2D eigenvalue weighted by Crippen LogP contribution is -2.28. The van der Waals surface area contributed by atoms with Crippen LogP contribution in [-0.4, -0.2) is 66.1 Å².